The van der Waals surface area contributed by atoms with Gasteiger partial charge in [-0.1, -0.05) is 15.9 Å². The molecule has 0 bridgehead atoms. The van der Waals surface area contributed by atoms with Crippen LogP contribution >= 0.6 is 15.9 Å². The van der Waals surface area contributed by atoms with E-state index < -0.39 is 11.8 Å². The lowest BCUT2D eigenvalue weighted by molar-refractivity contribution is -0.255. The zero-order chi connectivity index (χ0) is 11.0. The minimum absolute atomic E-state index is 0.332. The van der Waals surface area contributed by atoms with Gasteiger partial charge < -0.3 is 9.90 Å². The summed E-state index contributed by atoms with van der Waals surface area (Å²) in [5.74, 6) is -1.76. The number of halogens is 2. The standard InChI is InChI=1S/C11H10BrFO2/c12-5-7-3-10(13)9(11(14)15)4-8(7)6-1-2-6/h3-4,6H,1-2,5H2,(H,14,15)/p-1. The second kappa shape index (κ2) is 3.93. The van der Waals surface area contributed by atoms with Gasteiger partial charge in [-0.2, -0.15) is 0 Å². The molecule has 1 saturated carbocycles. The number of benzene rings is 1. The second-order valence-corrected chi connectivity index (χ2v) is 4.29. The van der Waals surface area contributed by atoms with E-state index in [4.69, 9.17) is 0 Å². The molecule has 15 heavy (non-hydrogen) atoms. The largest absolute Gasteiger partial charge is 0.545 e. The molecule has 0 aromatic heterocycles. The second-order valence-electron chi connectivity index (χ2n) is 3.73. The van der Waals surface area contributed by atoms with Crippen LogP contribution in [0.1, 0.15) is 40.2 Å². The van der Waals surface area contributed by atoms with Gasteiger partial charge in [0.25, 0.3) is 0 Å². The summed E-state index contributed by atoms with van der Waals surface area (Å²) >= 11 is 3.27. The van der Waals surface area contributed by atoms with E-state index in [1.165, 1.54) is 12.1 Å². The number of rotatable bonds is 3. The van der Waals surface area contributed by atoms with Crippen molar-refractivity contribution in [2.75, 3.05) is 0 Å². The molecule has 0 aliphatic heterocycles. The molecule has 1 aliphatic rings. The molecule has 1 aliphatic carbocycles. The molecule has 0 spiro atoms. The predicted octanol–water partition coefficient (Wildman–Crippen LogP) is 1.96. The molecule has 80 valence electrons. The zero-order valence-corrected chi connectivity index (χ0v) is 9.51. The monoisotopic (exact) mass is 271 g/mol. The summed E-state index contributed by atoms with van der Waals surface area (Å²) in [4.78, 5) is 10.7. The summed E-state index contributed by atoms with van der Waals surface area (Å²) in [5.41, 5.74) is 1.44. The number of alkyl halides is 1. The van der Waals surface area contributed by atoms with Crippen LogP contribution in [-0.4, -0.2) is 5.97 Å². The first kappa shape index (κ1) is 10.6. The summed E-state index contributed by atoms with van der Waals surface area (Å²) in [7, 11) is 0. The number of carbonyl (C=O) groups is 1. The molecule has 0 N–H and O–H groups in total. The van der Waals surface area contributed by atoms with Crippen molar-refractivity contribution in [1.29, 1.82) is 0 Å². The van der Waals surface area contributed by atoms with Gasteiger partial charge in [0.2, 0.25) is 0 Å². The molecule has 2 rings (SSSR count). The van der Waals surface area contributed by atoms with Gasteiger partial charge in [-0.15, -0.1) is 0 Å². The van der Waals surface area contributed by atoms with Gasteiger partial charge in [0.15, 0.2) is 0 Å². The Balaban J connectivity index is 2.51. The lowest BCUT2D eigenvalue weighted by Crippen LogP contribution is -2.24. The molecule has 0 saturated heterocycles. The molecule has 4 heteroatoms. The summed E-state index contributed by atoms with van der Waals surface area (Å²) < 4.78 is 13.3. The Kier molecular flexibility index (Phi) is 2.78. The van der Waals surface area contributed by atoms with Crippen LogP contribution in [0.25, 0.3) is 0 Å². The van der Waals surface area contributed by atoms with Crippen molar-refractivity contribution in [2.45, 2.75) is 24.1 Å². The maximum absolute atomic E-state index is 13.3. The Morgan fingerprint density at radius 2 is 2.20 bits per heavy atom. The van der Waals surface area contributed by atoms with Crippen molar-refractivity contribution in [1.82, 2.24) is 0 Å². The van der Waals surface area contributed by atoms with Crippen molar-refractivity contribution < 1.29 is 14.3 Å². The number of carboxylic acid groups (broad SMARTS) is 1. The maximum atomic E-state index is 13.3. The van der Waals surface area contributed by atoms with E-state index in [-0.39, 0.29) is 5.56 Å². The highest BCUT2D eigenvalue weighted by Gasteiger charge is 2.27. The minimum Gasteiger partial charge on any atom is -0.545 e. The Morgan fingerprint density at radius 3 is 2.67 bits per heavy atom. The van der Waals surface area contributed by atoms with Crippen molar-refractivity contribution in [3.63, 3.8) is 0 Å². The van der Waals surface area contributed by atoms with Crippen LogP contribution in [-0.2, 0) is 5.33 Å². The molecule has 0 heterocycles. The number of hydrogen-bond donors (Lipinski definition) is 0. The van der Waals surface area contributed by atoms with Gasteiger partial charge in [-0.3, -0.25) is 0 Å². The molecule has 0 unspecified atom stereocenters. The SMILES string of the molecule is O=C([O-])c1cc(C2CC2)c(CBr)cc1F. The van der Waals surface area contributed by atoms with Crippen LogP contribution in [0.2, 0.25) is 0 Å². The molecule has 0 radical (unpaired) electrons. The van der Waals surface area contributed by atoms with E-state index in [0.29, 0.717) is 11.2 Å². The van der Waals surface area contributed by atoms with E-state index in [0.717, 1.165) is 24.0 Å². The first-order valence-corrected chi connectivity index (χ1v) is 5.85. The van der Waals surface area contributed by atoms with Crippen LogP contribution in [0.5, 0.6) is 0 Å². The zero-order valence-electron chi connectivity index (χ0n) is 7.93. The molecule has 1 aromatic carbocycles. The lowest BCUT2D eigenvalue weighted by atomic mass is 10.0. The highest BCUT2D eigenvalue weighted by molar-refractivity contribution is 9.08. The van der Waals surface area contributed by atoms with Crippen LogP contribution in [0.15, 0.2) is 12.1 Å². The summed E-state index contributed by atoms with van der Waals surface area (Å²) in [6.45, 7) is 0. The van der Waals surface area contributed by atoms with Gasteiger partial charge in [0.05, 0.1) is 5.97 Å². The fraction of sp³-hybridized carbons (Fsp3) is 0.364. The Bertz CT molecular complexity index is 413. The van der Waals surface area contributed by atoms with Crippen molar-refractivity contribution >= 4 is 21.9 Å². The summed E-state index contributed by atoms with van der Waals surface area (Å²) in [6.07, 6.45) is 2.11. The summed E-state index contributed by atoms with van der Waals surface area (Å²) in [6, 6.07) is 2.70. The topological polar surface area (TPSA) is 40.1 Å². The molecule has 0 amide bonds. The third-order valence-electron chi connectivity index (χ3n) is 2.61. The van der Waals surface area contributed by atoms with Crippen molar-refractivity contribution in [2.24, 2.45) is 0 Å². The van der Waals surface area contributed by atoms with Gasteiger partial charge in [-0.05, 0) is 42.0 Å². The first-order chi connectivity index (χ1) is 7.13. The van der Waals surface area contributed by atoms with Gasteiger partial charge in [0.1, 0.15) is 5.82 Å². The van der Waals surface area contributed by atoms with Gasteiger partial charge >= 0.3 is 0 Å². The molecule has 1 aromatic rings. The van der Waals surface area contributed by atoms with E-state index in [1.807, 2.05) is 0 Å². The van der Waals surface area contributed by atoms with E-state index in [9.17, 15) is 14.3 Å². The number of carbonyl (C=O) groups excluding carboxylic acids is 1. The highest BCUT2D eigenvalue weighted by atomic mass is 79.9. The smallest absolute Gasteiger partial charge is 0.132 e. The van der Waals surface area contributed by atoms with Gasteiger partial charge in [0, 0.05) is 10.9 Å². The average molecular weight is 272 g/mol. The van der Waals surface area contributed by atoms with Crippen molar-refractivity contribution in [3.8, 4) is 0 Å². The molecular weight excluding hydrogens is 263 g/mol. The quantitative estimate of drug-likeness (QED) is 0.789. The van der Waals surface area contributed by atoms with Crippen molar-refractivity contribution in [3.05, 3.63) is 34.6 Å². The number of aromatic carboxylic acids is 1. The van der Waals surface area contributed by atoms with Crippen LogP contribution in [0, 0.1) is 5.82 Å². The summed E-state index contributed by atoms with van der Waals surface area (Å²) in [5, 5.41) is 11.2. The predicted molar refractivity (Wildman–Crippen MR) is 55.3 cm³/mol. The molecule has 0 atom stereocenters. The number of hydrogen-bond acceptors (Lipinski definition) is 2. The first-order valence-electron chi connectivity index (χ1n) is 4.73. The molecule has 2 nitrogen and oxygen atoms in total. The average Bonchev–Trinajstić information content (AvgIpc) is 3.00. The van der Waals surface area contributed by atoms with E-state index >= 15 is 0 Å². The highest BCUT2D eigenvalue weighted by Crippen LogP contribution is 2.42. The fourth-order valence-electron chi connectivity index (χ4n) is 1.68. The Hall–Kier alpha value is -0.900. The Morgan fingerprint density at radius 1 is 1.53 bits per heavy atom. The normalized spacial score (nSPS) is 15.3. The van der Waals surface area contributed by atoms with E-state index in [2.05, 4.69) is 15.9 Å². The van der Waals surface area contributed by atoms with Gasteiger partial charge in [-0.25, -0.2) is 4.39 Å². The molecular formula is C11H9BrFO2-. The van der Waals surface area contributed by atoms with Crippen LogP contribution < -0.4 is 5.11 Å². The van der Waals surface area contributed by atoms with E-state index in [1.54, 1.807) is 0 Å². The van der Waals surface area contributed by atoms with Crippen LogP contribution in [0.3, 0.4) is 0 Å². The maximum Gasteiger partial charge on any atom is 0.132 e. The third-order valence-corrected chi connectivity index (χ3v) is 3.21. The minimum atomic E-state index is -1.45. The number of carboxylic acids is 1. The molecule has 1 fully saturated rings. The lowest BCUT2D eigenvalue weighted by Gasteiger charge is -2.11. The van der Waals surface area contributed by atoms with Crippen LogP contribution in [0.4, 0.5) is 4.39 Å². The Labute approximate surface area is 95.2 Å². The third kappa shape index (κ3) is 2.04. The fourth-order valence-corrected chi connectivity index (χ4v) is 2.16.